The van der Waals surface area contributed by atoms with Crippen LogP contribution in [-0.2, 0) is 10.0 Å². The highest BCUT2D eigenvalue weighted by Crippen LogP contribution is 2.22. The molecule has 0 spiro atoms. The van der Waals surface area contributed by atoms with Crippen LogP contribution in [-0.4, -0.2) is 14.7 Å². The molecule has 0 unspecified atom stereocenters. The summed E-state index contributed by atoms with van der Waals surface area (Å²) in [5, 5.41) is 0. The Morgan fingerprint density at radius 1 is 1.15 bits per heavy atom. The highest BCUT2D eigenvalue weighted by Gasteiger charge is 2.15. The fourth-order valence-electron chi connectivity index (χ4n) is 1.56. The number of rotatable bonds is 4. The fourth-order valence-corrected chi connectivity index (χ4v) is 3.06. The lowest BCUT2D eigenvalue weighted by molar-refractivity contribution is 0.600. The highest BCUT2D eigenvalue weighted by atomic mass is 32.2. The lowest BCUT2D eigenvalue weighted by Crippen LogP contribution is -2.13. The van der Waals surface area contributed by atoms with Crippen LogP contribution in [0, 0.1) is 5.82 Å². The summed E-state index contributed by atoms with van der Waals surface area (Å²) < 4.78 is 39.7. The van der Waals surface area contributed by atoms with E-state index in [9.17, 15) is 12.8 Å². The molecular formula is C13H13FN2O2S2. The maximum Gasteiger partial charge on any atom is 0.261 e. The smallest absolute Gasteiger partial charge is 0.261 e. The summed E-state index contributed by atoms with van der Waals surface area (Å²) >= 11 is 1.56. The molecule has 0 amide bonds. The maximum absolute atomic E-state index is 13.1. The Labute approximate surface area is 121 Å². The van der Waals surface area contributed by atoms with Crippen molar-refractivity contribution in [2.24, 2.45) is 0 Å². The van der Waals surface area contributed by atoms with Gasteiger partial charge in [0.05, 0.1) is 10.6 Å². The van der Waals surface area contributed by atoms with Gasteiger partial charge in [0.25, 0.3) is 10.0 Å². The molecule has 0 atom stereocenters. The van der Waals surface area contributed by atoms with E-state index < -0.39 is 15.8 Å². The van der Waals surface area contributed by atoms with Crippen LogP contribution in [0.1, 0.15) is 0 Å². The van der Waals surface area contributed by atoms with Crippen molar-refractivity contribution >= 4 is 33.2 Å². The van der Waals surface area contributed by atoms with Gasteiger partial charge in [-0.1, -0.05) is 0 Å². The first-order valence-corrected chi connectivity index (χ1v) is 8.35. The minimum Gasteiger partial charge on any atom is -0.396 e. The van der Waals surface area contributed by atoms with Crippen LogP contribution in [0.15, 0.2) is 52.3 Å². The molecule has 3 N–H and O–H groups in total. The zero-order valence-electron chi connectivity index (χ0n) is 10.6. The summed E-state index contributed by atoms with van der Waals surface area (Å²) in [5.74, 6) is -0.645. The van der Waals surface area contributed by atoms with Crippen LogP contribution in [0.3, 0.4) is 0 Å². The monoisotopic (exact) mass is 312 g/mol. The molecule has 0 fully saturated rings. The number of anilines is 2. The number of nitrogens with one attached hydrogen (secondary N) is 1. The Bertz CT molecular complexity index is 716. The molecule has 2 rings (SSSR count). The van der Waals surface area contributed by atoms with Gasteiger partial charge in [0.15, 0.2) is 0 Å². The highest BCUT2D eigenvalue weighted by molar-refractivity contribution is 7.98. The van der Waals surface area contributed by atoms with Crippen molar-refractivity contribution in [3.63, 3.8) is 0 Å². The van der Waals surface area contributed by atoms with Gasteiger partial charge in [-0.05, 0) is 48.7 Å². The molecule has 0 saturated carbocycles. The molecule has 0 heterocycles. The number of hydrogen-bond donors (Lipinski definition) is 2. The van der Waals surface area contributed by atoms with E-state index >= 15 is 0 Å². The zero-order valence-corrected chi connectivity index (χ0v) is 12.3. The third kappa shape index (κ3) is 3.23. The summed E-state index contributed by atoms with van der Waals surface area (Å²) in [6.07, 6.45) is 1.93. The van der Waals surface area contributed by atoms with Crippen LogP contribution in [0.5, 0.6) is 0 Å². The fraction of sp³-hybridized carbons (Fsp3) is 0.0769. The number of halogens is 1. The quantitative estimate of drug-likeness (QED) is 0.672. The van der Waals surface area contributed by atoms with Crippen molar-refractivity contribution < 1.29 is 12.8 Å². The number of sulfonamides is 1. The first-order chi connectivity index (χ1) is 9.42. The molecule has 0 bridgehead atoms. The second-order valence-electron chi connectivity index (χ2n) is 4.02. The minimum absolute atomic E-state index is 0.0784. The molecule has 0 radical (unpaired) electrons. The predicted octanol–water partition coefficient (Wildman–Crippen LogP) is 2.93. The molecule has 0 aliphatic rings. The van der Waals surface area contributed by atoms with E-state index in [0.29, 0.717) is 5.69 Å². The molecule has 0 aliphatic carbocycles. The van der Waals surface area contributed by atoms with E-state index in [1.165, 1.54) is 6.07 Å². The summed E-state index contributed by atoms with van der Waals surface area (Å²) in [5.41, 5.74) is 5.61. The normalized spacial score (nSPS) is 11.3. The van der Waals surface area contributed by atoms with E-state index in [-0.39, 0.29) is 10.6 Å². The van der Waals surface area contributed by atoms with Crippen molar-refractivity contribution in [2.75, 3.05) is 16.7 Å². The van der Waals surface area contributed by atoms with E-state index in [1.54, 1.807) is 23.9 Å². The average Bonchev–Trinajstić information content (AvgIpc) is 2.42. The van der Waals surface area contributed by atoms with Crippen LogP contribution >= 0.6 is 11.8 Å². The number of thioether (sulfide) groups is 1. The first-order valence-electron chi connectivity index (χ1n) is 5.64. The Balaban J connectivity index is 2.27. The van der Waals surface area contributed by atoms with E-state index in [0.717, 1.165) is 17.0 Å². The zero-order chi connectivity index (χ0) is 14.8. The van der Waals surface area contributed by atoms with E-state index in [1.807, 2.05) is 18.4 Å². The molecule has 20 heavy (non-hydrogen) atoms. The molecule has 7 heteroatoms. The summed E-state index contributed by atoms with van der Waals surface area (Å²) in [6.45, 7) is 0. The standard InChI is InChI=1S/C13H13FN2O2S2/c1-19-10-4-2-9(3-5-10)16-20(17,18)11-6-7-12(14)13(15)8-11/h2-8,16H,15H2,1H3. The Kier molecular flexibility index (Phi) is 4.20. The minimum atomic E-state index is -3.78. The number of nitrogens with two attached hydrogens (primary N) is 1. The second-order valence-corrected chi connectivity index (χ2v) is 6.58. The van der Waals surface area contributed by atoms with Gasteiger partial charge in [0, 0.05) is 10.6 Å². The van der Waals surface area contributed by atoms with Gasteiger partial charge >= 0.3 is 0 Å². The topological polar surface area (TPSA) is 72.2 Å². The SMILES string of the molecule is CSc1ccc(NS(=O)(=O)c2ccc(F)c(N)c2)cc1. The molecule has 0 aromatic heterocycles. The van der Waals surface area contributed by atoms with Gasteiger partial charge in [-0.25, -0.2) is 12.8 Å². The number of nitrogen functional groups attached to an aromatic ring is 1. The van der Waals surface area contributed by atoms with Gasteiger partial charge in [0.1, 0.15) is 5.82 Å². The van der Waals surface area contributed by atoms with Crippen molar-refractivity contribution in [1.29, 1.82) is 0 Å². The Hall–Kier alpha value is -1.73. The molecule has 4 nitrogen and oxygen atoms in total. The summed E-state index contributed by atoms with van der Waals surface area (Å²) in [4.78, 5) is 0.948. The molecule has 2 aromatic carbocycles. The largest absolute Gasteiger partial charge is 0.396 e. The number of hydrogen-bond acceptors (Lipinski definition) is 4. The van der Waals surface area contributed by atoms with Gasteiger partial charge < -0.3 is 5.73 Å². The van der Waals surface area contributed by atoms with Gasteiger partial charge in [-0.3, -0.25) is 4.72 Å². The van der Waals surface area contributed by atoms with Crippen molar-refractivity contribution in [2.45, 2.75) is 9.79 Å². The Morgan fingerprint density at radius 3 is 2.35 bits per heavy atom. The molecule has 106 valence electrons. The van der Waals surface area contributed by atoms with Gasteiger partial charge in [-0.2, -0.15) is 0 Å². The lowest BCUT2D eigenvalue weighted by Gasteiger charge is -2.09. The van der Waals surface area contributed by atoms with Crippen LogP contribution < -0.4 is 10.5 Å². The van der Waals surface area contributed by atoms with Crippen LogP contribution in [0.4, 0.5) is 15.8 Å². The van der Waals surface area contributed by atoms with Crippen molar-refractivity contribution in [3.05, 3.63) is 48.3 Å². The summed E-state index contributed by atoms with van der Waals surface area (Å²) in [7, 11) is -3.78. The molecule has 2 aromatic rings. The van der Waals surface area contributed by atoms with Crippen molar-refractivity contribution in [3.8, 4) is 0 Å². The van der Waals surface area contributed by atoms with Gasteiger partial charge in [-0.15, -0.1) is 11.8 Å². The van der Waals surface area contributed by atoms with E-state index in [4.69, 9.17) is 5.73 Å². The summed E-state index contributed by atoms with van der Waals surface area (Å²) in [6, 6.07) is 10.2. The average molecular weight is 312 g/mol. The Morgan fingerprint density at radius 2 is 1.80 bits per heavy atom. The van der Waals surface area contributed by atoms with Crippen molar-refractivity contribution in [1.82, 2.24) is 0 Å². The van der Waals surface area contributed by atoms with Crippen LogP contribution in [0.25, 0.3) is 0 Å². The molecule has 0 saturated heterocycles. The second kappa shape index (κ2) is 5.72. The van der Waals surface area contributed by atoms with Crippen LogP contribution in [0.2, 0.25) is 0 Å². The molecule has 0 aliphatic heterocycles. The lowest BCUT2D eigenvalue weighted by atomic mass is 10.3. The maximum atomic E-state index is 13.1. The predicted molar refractivity (Wildman–Crippen MR) is 79.8 cm³/mol. The first kappa shape index (κ1) is 14.7. The third-order valence-corrected chi connectivity index (χ3v) is 4.74. The number of benzene rings is 2. The van der Waals surface area contributed by atoms with E-state index in [2.05, 4.69) is 4.72 Å². The van der Waals surface area contributed by atoms with Gasteiger partial charge in [0.2, 0.25) is 0 Å². The molecular weight excluding hydrogens is 299 g/mol. The third-order valence-electron chi connectivity index (χ3n) is 2.62.